The molecule has 11 heteroatoms. The van der Waals surface area contributed by atoms with Crippen molar-refractivity contribution >= 4 is 58.2 Å². The highest BCUT2D eigenvalue weighted by atomic mass is 35.5. The minimum atomic E-state index is -0.832. The largest absolute Gasteiger partial charge is 0.491 e. The lowest BCUT2D eigenvalue weighted by atomic mass is 9.95. The molecule has 0 amide bonds. The second-order valence-corrected chi connectivity index (χ2v) is 12.5. The first-order valence-electron chi connectivity index (χ1n) is 13.9. The Hall–Kier alpha value is -3.56. The van der Waals surface area contributed by atoms with Gasteiger partial charge in [-0.15, -0.1) is 0 Å². The van der Waals surface area contributed by atoms with E-state index in [0.717, 1.165) is 5.56 Å². The number of hydrogen-bond donors (Lipinski definition) is 0. The van der Waals surface area contributed by atoms with E-state index in [1.54, 1.807) is 38.1 Å². The SMILES string of the molecule is CCOC(=O)C1=C(C)N=c2s/c(=C\c3cc(Cl)cc(Cl)c3OCc3ccccc3Cl)c(=O)n2[C@@H]1c1ccccc1OC(C)C. The summed E-state index contributed by atoms with van der Waals surface area (Å²) in [5.41, 5.74) is 2.27. The number of hydrogen-bond acceptors (Lipinski definition) is 7. The second-order valence-electron chi connectivity index (χ2n) is 10.2. The number of carbonyl (C=O) groups is 1. The molecule has 0 saturated heterocycles. The predicted octanol–water partition coefficient (Wildman–Crippen LogP) is 7.12. The van der Waals surface area contributed by atoms with Crippen molar-refractivity contribution in [3.8, 4) is 11.5 Å². The highest BCUT2D eigenvalue weighted by molar-refractivity contribution is 7.07. The number of aromatic nitrogens is 1. The Bertz CT molecular complexity index is 1950. The normalized spacial score (nSPS) is 14.8. The fourth-order valence-corrected chi connectivity index (χ4v) is 6.69. The molecule has 3 aromatic carbocycles. The standard InChI is InChI=1S/C33H29Cl3N2O5S/c1-5-41-32(40)28-19(4)37-33-38(29(28)23-11-7-9-13-26(23)43-18(2)3)31(39)27(44-33)15-21-14-22(34)16-25(36)30(21)42-17-20-10-6-8-12-24(20)35/h6-16,18,29H,5,17H2,1-4H3/b27-15-/t29-/m1/s1. The Kier molecular flexibility index (Phi) is 9.85. The maximum atomic E-state index is 14.2. The third kappa shape index (κ3) is 6.59. The van der Waals surface area contributed by atoms with Gasteiger partial charge >= 0.3 is 5.97 Å². The number of thiazole rings is 1. The van der Waals surface area contributed by atoms with E-state index in [0.29, 0.717) is 47.7 Å². The number of rotatable bonds is 9. The smallest absolute Gasteiger partial charge is 0.338 e. The summed E-state index contributed by atoms with van der Waals surface area (Å²) in [7, 11) is 0. The summed E-state index contributed by atoms with van der Waals surface area (Å²) in [6.45, 7) is 7.62. The number of ether oxygens (including phenoxy) is 3. The van der Waals surface area contributed by atoms with Crippen molar-refractivity contribution in [1.29, 1.82) is 0 Å². The van der Waals surface area contributed by atoms with Gasteiger partial charge in [-0.25, -0.2) is 9.79 Å². The number of para-hydroxylation sites is 1. The topological polar surface area (TPSA) is 79.1 Å². The molecule has 1 aromatic heterocycles. The molecule has 44 heavy (non-hydrogen) atoms. The van der Waals surface area contributed by atoms with Crippen molar-refractivity contribution in [1.82, 2.24) is 4.57 Å². The van der Waals surface area contributed by atoms with Gasteiger partial charge in [0.1, 0.15) is 24.1 Å². The van der Waals surface area contributed by atoms with Gasteiger partial charge < -0.3 is 14.2 Å². The van der Waals surface area contributed by atoms with Crippen LogP contribution < -0.4 is 24.4 Å². The average Bonchev–Trinajstić information content (AvgIpc) is 3.26. The van der Waals surface area contributed by atoms with Gasteiger partial charge in [-0.1, -0.05) is 82.5 Å². The van der Waals surface area contributed by atoms with Crippen LogP contribution in [0.1, 0.15) is 50.4 Å². The van der Waals surface area contributed by atoms with Crippen LogP contribution in [0.15, 0.2) is 81.7 Å². The molecule has 1 aliphatic rings. The van der Waals surface area contributed by atoms with E-state index in [9.17, 15) is 9.59 Å². The summed E-state index contributed by atoms with van der Waals surface area (Å²) in [4.78, 5) is 32.6. The number of allylic oxidation sites excluding steroid dienone is 1. The van der Waals surface area contributed by atoms with Crippen LogP contribution in [0.4, 0.5) is 0 Å². The van der Waals surface area contributed by atoms with E-state index >= 15 is 0 Å². The van der Waals surface area contributed by atoms with Gasteiger partial charge in [-0.2, -0.15) is 0 Å². The van der Waals surface area contributed by atoms with Gasteiger partial charge in [0.2, 0.25) is 0 Å². The molecular weight excluding hydrogens is 643 g/mol. The first kappa shape index (κ1) is 31.9. The molecule has 0 spiro atoms. The number of fused-ring (bicyclic) bond motifs is 1. The van der Waals surface area contributed by atoms with Crippen LogP contribution in [0.25, 0.3) is 6.08 Å². The monoisotopic (exact) mass is 670 g/mol. The molecule has 0 bridgehead atoms. The van der Waals surface area contributed by atoms with E-state index in [-0.39, 0.29) is 35.5 Å². The molecule has 5 rings (SSSR count). The summed E-state index contributed by atoms with van der Waals surface area (Å²) < 4.78 is 19.5. The summed E-state index contributed by atoms with van der Waals surface area (Å²) in [6.07, 6.45) is 1.53. The van der Waals surface area contributed by atoms with Crippen molar-refractivity contribution in [2.75, 3.05) is 6.61 Å². The van der Waals surface area contributed by atoms with E-state index in [1.807, 2.05) is 56.3 Å². The van der Waals surface area contributed by atoms with Gasteiger partial charge in [-0.05, 0) is 58.0 Å². The zero-order valence-electron chi connectivity index (χ0n) is 24.4. The fourth-order valence-electron chi connectivity index (χ4n) is 4.90. The Morgan fingerprint density at radius 2 is 1.80 bits per heavy atom. The van der Waals surface area contributed by atoms with E-state index in [2.05, 4.69) is 4.99 Å². The molecule has 7 nitrogen and oxygen atoms in total. The third-order valence-corrected chi connectivity index (χ3v) is 8.60. The van der Waals surface area contributed by atoms with Crippen molar-refractivity contribution in [3.05, 3.63) is 123 Å². The number of halogens is 3. The first-order chi connectivity index (χ1) is 21.1. The molecule has 0 fully saturated rings. The Morgan fingerprint density at radius 1 is 1.07 bits per heavy atom. The maximum Gasteiger partial charge on any atom is 0.338 e. The van der Waals surface area contributed by atoms with Crippen LogP contribution in [-0.2, 0) is 16.1 Å². The zero-order valence-corrected chi connectivity index (χ0v) is 27.5. The van der Waals surface area contributed by atoms with Crippen LogP contribution in [0.3, 0.4) is 0 Å². The Morgan fingerprint density at radius 3 is 2.52 bits per heavy atom. The lowest BCUT2D eigenvalue weighted by Gasteiger charge is -2.26. The molecule has 2 heterocycles. The second kappa shape index (κ2) is 13.6. The number of nitrogens with zero attached hydrogens (tertiary/aromatic N) is 2. The average molecular weight is 672 g/mol. The molecule has 0 aliphatic carbocycles. The molecule has 1 aliphatic heterocycles. The summed E-state index contributed by atoms with van der Waals surface area (Å²) >= 11 is 20.5. The fraction of sp³-hybridized carbons (Fsp3) is 0.242. The molecule has 0 saturated carbocycles. The highest BCUT2D eigenvalue weighted by Gasteiger charge is 2.35. The van der Waals surface area contributed by atoms with Crippen LogP contribution in [0, 0.1) is 0 Å². The lowest BCUT2D eigenvalue weighted by molar-refractivity contribution is -0.139. The Labute approximate surface area is 273 Å². The van der Waals surface area contributed by atoms with Crippen molar-refractivity contribution < 1.29 is 19.0 Å². The molecule has 4 aromatic rings. The molecule has 0 radical (unpaired) electrons. The van der Waals surface area contributed by atoms with Gasteiger partial charge in [0.25, 0.3) is 5.56 Å². The third-order valence-electron chi connectivity index (χ3n) is 6.75. The van der Waals surface area contributed by atoms with Crippen molar-refractivity contribution in [2.24, 2.45) is 4.99 Å². The minimum Gasteiger partial charge on any atom is -0.491 e. The quantitative estimate of drug-likeness (QED) is 0.177. The first-order valence-corrected chi connectivity index (χ1v) is 15.8. The maximum absolute atomic E-state index is 14.2. The molecule has 1 atom stereocenters. The summed E-state index contributed by atoms with van der Waals surface area (Å²) in [6, 6.07) is 17.1. The van der Waals surface area contributed by atoms with Crippen molar-refractivity contribution in [2.45, 2.75) is 46.4 Å². The molecule has 0 unspecified atom stereocenters. The number of carbonyl (C=O) groups excluding carboxylic acids is 1. The van der Waals surface area contributed by atoms with Gasteiger partial charge in [0.05, 0.1) is 33.5 Å². The van der Waals surface area contributed by atoms with E-state index in [1.165, 1.54) is 15.9 Å². The van der Waals surface area contributed by atoms with Gasteiger partial charge in [0.15, 0.2) is 4.80 Å². The van der Waals surface area contributed by atoms with Crippen LogP contribution in [-0.4, -0.2) is 23.2 Å². The van der Waals surface area contributed by atoms with E-state index in [4.69, 9.17) is 49.0 Å². The van der Waals surface area contributed by atoms with E-state index < -0.39 is 12.0 Å². The molecule has 0 N–H and O–H groups in total. The van der Waals surface area contributed by atoms with Crippen LogP contribution >= 0.6 is 46.1 Å². The van der Waals surface area contributed by atoms with Gasteiger partial charge in [0, 0.05) is 26.7 Å². The summed E-state index contributed by atoms with van der Waals surface area (Å²) in [5, 5.41) is 1.21. The lowest BCUT2D eigenvalue weighted by Crippen LogP contribution is -2.40. The van der Waals surface area contributed by atoms with Gasteiger partial charge in [-0.3, -0.25) is 9.36 Å². The molecular formula is C33H29Cl3N2O5S. The highest BCUT2D eigenvalue weighted by Crippen LogP contribution is 2.37. The zero-order chi connectivity index (χ0) is 31.5. The van der Waals surface area contributed by atoms with Crippen molar-refractivity contribution in [3.63, 3.8) is 0 Å². The van der Waals surface area contributed by atoms with Crippen LogP contribution in [0.5, 0.6) is 11.5 Å². The van der Waals surface area contributed by atoms with Crippen LogP contribution in [0.2, 0.25) is 15.1 Å². The predicted molar refractivity (Wildman–Crippen MR) is 175 cm³/mol. The Balaban J connectivity index is 1.68. The molecule has 228 valence electrons. The number of benzene rings is 3. The summed E-state index contributed by atoms with van der Waals surface area (Å²) in [5.74, 6) is 0.345. The minimum absolute atomic E-state index is 0.139. The number of esters is 1.